The van der Waals surface area contributed by atoms with Crippen LogP contribution >= 0.6 is 0 Å². The van der Waals surface area contributed by atoms with Gasteiger partial charge in [-0.1, -0.05) is 6.92 Å². The highest BCUT2D eigenvalue weighted by Crippen LogP contribution is 2.33. The Morgan fingerprint density at radius 1 is 1.12 bits per heavy atom. The third-order valence-electron chi connectivity index (χ3n) is 4.26. The molecule has 2 heterocycles. The lowest BCUT2D eigenvalue weighted by Crippen LogP contribution is -2.46. The van der Waals surface area contributed by atoms with Crippen LogP contribution < -0.4 is 9.64 Å². The topological polar surface area (TPSA) is 41.5 Å². The Hall–Kier alpha value is -2.09. The summed E-state index contributed by atoms with van der Waals surface area (Å²) in [4.78, 5) is 11.7. The number of anilines is 1. The van der Waals surface area contributed by atoms with Crippen molar-refractivity contribution in [1.82, 2.24) is 14.9 Å². The second kappa shape index (κ2) is 6.43. The van der Waals surface area contributed by atoms with Crippen LogP contribution in [0, 0.1) is 0 Å². The molecule has 2 aromatic rings. The van der Waals surface area contributed by atoms with Gasteiger partial charge in [-0.15, -0.1) is 0 Å². The molecule has 0 atom stereocenters. The Labute approximate surface area is 138 Å². The lowest BCUT2D eigenvalue weighted by atomic mass is 10.2. The number of piperazine rings is 1. The molecule has 0 radical (unpaired) electrons. The van der Waals surface area contributed by atoms with Crippen LogP contribution in [0.1, 0.15) is 12.7 Å². The van der Waals surface area contributed by atoms with Gasteiger partial charge in [-0.3, -0.25) is 0 Å². The minimum atomic E-state index is -4.59. The van der Waals surface area contributed by atoms with Crippen molar-refractivity contribution in [2.75, 3.05) is 44.7 Å². The molecular weight excluding hydrogens is 321 g/mol. The molecule has 1 aliphatic heterocycles. The highest BCUT2D eigenvalue weighted by Gasteiger charge is 2.36. The summed E-state index contributed by atoms with van der Waals surface area (Å²) in [6.07, 6.45) is -4.59. The second-order valence-electron chi connectivity index (χ2n) is 5.67. The summed E-state index contributed by atoms with van der Waals surface area (Å²) < 4.78 is 44.6. The number of methoxy groups -OCH3 is 1. The largest absolute Gasteiger partial charge is 0.497 e. The van der Waals surface area contributed by atoms with E-state index in [4.69, 9.17) is 4.74 Å². The van der Waals surface area contributed by atoms with Gasteiger partial charge in [0, 0.05) is 37.6 Å². The number of hydrogen-bond acceptors (Lipinski definition) is 5. The molecule has 0 amide bonds. The lowest BCUT2D eigenvalue weighted by Gasteiger charge is -2.35. The maximum absolute atomic E-state index is 13.2. The van der Waals surface area contributed by atoms with E-state index in [-0.39, 0.29) is 5.52 Å². The average molecular weight is 340 g/mol. The van der Waals surface area contributed by atoms with Crippen molar-refractivity contribution in [1.29, 1.82) is 0 Å². The Bertz CT molecular complexity index is 727. The van der Waals surface area contributed by atoms with Gasteiger partial charge in [-0.05, 0) is 18.7 Å². The monoisotopic (exact) mass is 340 g/mol. The van der Waals surface area contributed by atoms with Crippen LogP contribution in [-0.2, 0) is 6.18 Å². The van der Waals surface area contributed by atoms with E-state index >= 15 is 0 Å². The molecule has 1 fully saturated rings. The summed E-state index contributed by atoms with van der Waals surface area (Å²) in [5.41, 5.74) is 0.240. The van der Waals surface area contributed by atoms with Crippen molar-refractivity contribution in [2.45, 2.75) is 13.1 Å². The third-order valence-corrected chi connectivity index (χ3v) is 4.26. The fraction of sp³-hybridized carbons (Fsp3) is 0.500. The van der Waals surface area contributed by atoms with Gasteiger partial charge < -0.3 is 14.5 Å². The van der Waals surface area contributed by atoms with Gasteiger partial charge in [0.2, 0.25) is 5.82 Å². The van der Waals surface area contributed by atoms with Gasteiger partial charge in [0.1, 0.15) is 11.6 Å². The van der Waals surface area contributed by atoms with Crippen LogP contribution in [0.3, 0.4) is 0 Å². The second-order valence-corrected chi connectivity index (χ2v) is 5.67. The standard InChI is InChI=1S/C16H19F3N4O/c1-3-22-6-8-23(9-7-22)14-12-5-4-11(24-2)10-13(12)20-15(21-14)16(17,18)19/h4-5,10H,3,6-9H2,1-2H3. The number of ether oxygens (including phenoxy) is 1. The van der Waals surface area contributed by atoms with Crippen LogP contribution in [0.5, 0.6) is 5.75 Å². The molecular formula is C16H19F3N4O. The number of aromatic nitrogens is 2. The lowest BCUT2D eigenvalue weighted by molar-refractivity contribution is -0.144. The normalized spacial score (nSPS) is 16.6. The van der Waals surface area contributed by atoms with Gasteiger partial charge in [0.05, 0.1) is 12.6 Å². The Morgan fingerprint density at radius 3 is 2.42 bits per heavy atom. The van der Waals surface area contributed by atoms with E-state index in [0.29, 0.717) is 30.0 Å². The van der Waals surface area contributed by atoms with Crippen LogP contribution in [0.25, 0.3) is 10.9 Å². The minimum absolute atomic E-state index is 0.240. The molecule has 0 spiro atoms. The van der Waals surface area contributed by atoms with E-state index in [2.05, 4.69) is 21.8 Å². The predicted octanol–water partition coefficient (Wildman–Crippen LogP) is 2.80. The first kappa shape index (κ1) is 16.8. The summed E-state index contributed by atoms with van der Waals surface area (Å²) in [6, 6.07) is 4.94. The molecule has 3 rings (SSSR count). The third kappa shape index (κ3) is 3.24. The SMILES string of the molecule is CCN1CCN(c2nc(C(F)(F)F)nc3cc(OC)ccc23)CC1. The number of fused-ring (bicyclic) bond motifs is 1. The number of nitrogens with zero attached hydrogens (tertiary/aromatic N) is 4. The molecule has 0 aliphatic carbocycles. The Balaban J connectivity index is 2.07. The number of halogens is 3. The summed E-state index contributed by atoms with van der Waals surface area (Å²) in [5.74, 6) is -0.307. The van der Waals surface area contributed by atoms with Crippen LogP contribution in [0.2, 0.25) is 0 Å². The molecule has 5 nitrogen and oxygen atoms in total. The predicted molar refractivity (Wildman–Crippen MR) is 85.4 cm³/mol. The highest BCUT2D eigenvalue weighted by molar-refractivity contribution is 5.90. The number of hydrogen-bond donors (Lipinski definition) is 0. The molecule has 0 unspecified atom stereocenters. The van der Waals surface area contributed by atoms with Crippen LogP contribution in [0.4, 0.5) is 19.0 Å². The Kier molecular flexibility index (Phi) is 4.49. The van der Waals surface area contributed by atoms with Gasteiger partial charge in [-0.2, -0.15) is 13.2 Å². The molecule has 1 aliphatic rings. The molecule has 1 saturated heterocycles. The molecule has 0 saturated carbocycles. The summed E-state index contributed by atoms with van der Waals surface area (Å²) in [7, 11) is 1.47. The van der Waals surface area contributed by atoms with E-state index < -0.39 is 12.0 Å². The van der Waals surface area contributed by atoms with Crippen molar-refractivity contribution in [3.05, 3.63) is 24.0 Å². The van der Waals surface area contributed by atoms with Crippen molar-refractivity contribution in [3.8, 4) is 5.75 Å². The minimum Gasteiger partial charge on any atom is -0.497 e. The zero-order chi connectivity index (χ0) is 17.3. The number of rotatable bonds is 3. The fourth-order valence-corrected chi connectivity index (χ4v) is 2.86. The zero-order valence-electron chi connectivity index (χ0n) is 13.6. The molecule has 1 aromatic carbocycles. The maximum Gasteiger partial charge on any atom is 0.451 e. The van der Waals surface area contributed by atoms with Gasteiger partial charge in [0.15, 0.2) is 0 Å². The van der Waals surface area contributed by atoms with Gasteiger partial charge in [0.25, 0.3) is 0 Å². The summed E-state index contributed by atoms with van der Waals surface area (Å²) in [5, 5.41) is 0.605. The number of alkyl halides is 3. The molecule has 0 N–H and O–H groups in total. The van der Waals surface area contributed by atoms with Crippen molar-refractivity contribution >= 4 is 16.7 Å². The van der Waals surface area contributed by atoms with E-state index in [9.17, 15) is 13.2 Å². The van der Waals surface area contributed by atoms with Crippen molar-refractivity contribution in [2.24, 2.45) is 0 Å². The maximum atomic E-state index is 13.2. The highest BCUT2D eigenvalue weighted by atomic mass is 19.4. The number of likely N-dealkylation sites (N-methyl/N-ethyl adjacent to an activating group) is 1. The average Bonchev–Trinajstić information content (AvgIpc) is 2.59. The molecule has 24 heavy (non-hydrogen) atoms. The first-order chi connectivity index (χ1) is 11.4. The quantitative estimate of drug-likeness (QED) is 0.859. The zero-order valence-corrected chi connectivity index (χ0v) is 13.6. The van der Waals surface area contributed by atoms with E-state index in [0.717, 1.165) is 19.6 Å². The summed E-state index contributed by atoms with van der Waals surface area (Å²) >= 11 is 0. The molecule has 130 valence electrons. The molecule has 8 heteroatoms. The van der Waals surface area contributed by atoms with Crippen LogP contribution in [0.15, 0.2) is 18.2 Å². The van der Waals surface area contributed by atoms with Crippen molar-refractivity contribution in [3.63, 3.8) is 0 Å². The van der Waals surface area contributed by atoms with E-state index in [1.165, 1.54) is 13.2 Å². The van der Waals surface area contributed by atoms with E-state index in [1.807, 2.05) is 4.90 Å². The first-order valence-electron chi connectivity index (χ1n) is 7.82. The fourth-order valence-electron chi connectivity index (χ4n) is 2.86. The Morgan fingerprint density at radius 2 is 1.83 bits per heavy atom. The van der Waals surface area contributed by atoms with Gasteiger partial charge in [-0.25, -0.2) is 9.97 Å². The smallest absolute Gasteiger partial charge is 0.451 e. The summed E-state index contributed by atoms with van der Waals surface area (Å²) in [6.45, 7) is 5.90. The van der Waals surface area contributed by atoms with Crippen LogP contribution in [-0.4, -0.2) is 54.7 Å². The molecule has 1 aromatic heterocycles. The molecule has 0 bridgehead atoms. The van der Waals surface area contributed by atoms with E-state index in [1.54, 1.807) is 12.1 Å². The van der Waals surface area contributed by atoms with Crippen molar-refractivity contribution < 1.29 is 17.9 Å². The number of benzene rings is 1. The first-order valence-corrected chi connectivity index (χ1v) is 7.82. The van der Waals surface area contributed by atoms with Gasteiger partial charge >= 0.3 is 6.18 Å².